The standard InChI is InChI=1S/C13H10ClN3O2/c14-11-5-15-6-12(16-11)17-13(18)9-7-19-10-4-2-1-3-8(9)10/h1-6,9H,7H2,(H,16,17,18). The summed E-state index contributed by atoms with van der Waals surface area (Å²) < 4.78 is 5.47. The third-order valence-electron chi connectivity index (χ3n) is 2.87. The second-order valence-electron chi connectivity index (χ2n) is 4.12. The summed E-state index contributed by atoms with van der Waals surface area (Å²) in [6, 6.07) is 7.49. The Hall–Kier alpha value is -2.14. The molecule has 0 saturated heterocycles. The number of fused-ring (bicyclic) bond motifs is 1. The molecule has 0 spiro atoms. The molecular weight excluding hydrogens is 266 g/mol. The molecule has 0 radical (unpaired) electrons. The molecule has 1 amide bonds. The first-order valence-electron chi connectivity index (χ1n) is 5.74. The molecule has 1 aromatic carbocycles. The van der Waals surface area contributed by atoms with Crippen LogP contribution in [0.3, 0.4) is 0 Å². The molecule has 2 aromatic rings. The van der Waals surface area contributed by atoms with Crippen LogP contribution in [0.15, 0.2) is 36.7 Å². The second kappa shape index (κ2) is 4.85. The third kappa shape index (κ3) is 2.37. The predicted octanol–water partition coefficient (Wildman–Crippen LogP) is 2.24. The molecule has 96 valence electrons. The zero-order valence-electron chi connectivity index (χ0n) is 9.84. The number of halogens is 1. The van der Waals surface area contributed by atoms with Gasteiger partial charge in [-0.15, -0.1) is 0 Å². The largest absolute Gasteiger partial charge is 0.492 e. The lowest BCUT2D eigenvalue weighted by molar-refractivity contribution is -0.117. The first-order chi connectivity index (χ1) is 9.24. The summed E-state index contributed by atoms with van der Waals surface area (Å²) in [5.74, 6) is 0.570. The number of benzene rings is 1. The quantitative estimate of drug-likeness (QED) is 0.913. The van der Waals surface area contributed by atoms with Gasteiger partial charge in [0.25, 0.3) is 0 Å². The third-order valence-corrected chi connectivity index (χ3v) is 3.05. The Balaban J connectivity index is 1.79. The number of anilines is 1. The molecule has 0 bridgehead atoms. The predicted molar refractivity (Wildman–Crippen MR) is 70.3 cm³/mol. The zero-order chi connectivity index (χ0) is 13.2. The van der Waals surface area contributed by atoms with Crippen LogP contribution >= 0.6 is 11.6 Å². The van der Waals surface area contributed by atoms with E-state index < -0.39 is 0 Å². The number of hydrogen-bond acceptors (Lipinski definition) is 4. The normalized spacial score (nSPS) is 16.6. The Labute approximate surface area is 114 Å². The van der Waals surface area contributed by atoms with Gasteiger partial charge >= 0.3 is 0 Å². The molecule has 0 fully saturated rings. The van der Waals surface area contributed by atoms with Crippen molar-refractivity contribution in [1.29, 1.82) is 0 Å². The zero-order valence-corrected chi connectivity index (χ0v) is 10.6. The molecule has 1 N–H and O–H groups in total. The van der Waals surface area contributed by atoms with E-state index in [-0.39, 0.29) is 17.0 Å². The van der Waals surface area contributed by atoms with Gasteiger partial charge in [0.05, 0.1) is 12.4 Å². The number of carbonyl (C=O) groups excluding carboxylic acids is 1. The van der Waals surface area contributed by atoms with Crippen LogP contribution < -0.4 is 10.1 Å². The number of nitrogens with zero attached hydrogens (tertiary/aromatic N) is 2. The highest BCUT2D eigenvalue weighted by molar-refractivity contribution is 6.29. The van der Waals surface area contributed by atoms with Gasteiger partial charge in [-0.2, -0.15) is 0 Å². The Bertz CT molecular complexity index is 633. The van der Waals surface area contributed by atoms with Gasteiger partial charge in [-0.1, -0.05) is 29.8 Å². The highest BCUT2D eigenvalue weighted by Gasteiger charge is 2.30. The summed E-state index contributed by atoms with van der Waals surface area (Å²) >= 11 is 5.72. The smallest absolute Gasteiger partial charge is 0.236 e. The van der Waals surface area contributed by atoms with Gasteiger partial charge in [-0.25, -0.2) is 4.98 Å². The van der Waals surface area contributed by atoms with E-state index in [2.05, 4.69) is 15.3 Å². The number of aromatic nitrogens is 2. The monoisotopic (exact) mass is 275 g/mol. The second-order valence-corrected chi connectivity index (χ2v) is 4.50. The van der Waals surface area contributed by atoms with Crippen LogP contribution in [0.4, 0.5) is 5.82 Å². The lowest BCUT2D eigenvalue weighted by Gasteiger charge is -2.09. The topological polar surface area (TPSA) is 64.1 Å². The Kier molecular flexibility index (Phi) is 3.05. The van der Waals surface area contributed by atoms with Crippen molar-refractivity contribution in [2.75, 3.05) is 11.9 Å². The van der Waals surface area contributed by atoms with E-state index in [0.29, 0.717) is 12.4 Å². The average molecular weight is 276 g/mol. The van der Waals surface area contributed by atoms with Gasteiger partial charge in [0.1, 0.15) is 23.4 Å². The molecule has 1 aliphatic heterocycles. The molecule has 1 aliphatic rings. The van der Waals surface area contributed by atoms with E-state index in [0.717, 1.165) is 11.3 Å². The van der Waals surface area contributed by atoms with Crippen LogP contribution in [0.1, 0.15) is 11.5 Å². The SMILES string of the molecule is O=C(Nc1cncc(Cl)n1)C1COc2ccccc21. The van der Waals surface area contributed by atoms with Gasteiger partial charge < -0.3 is 10.1 Å². The molecular formula is C13H10ClN3O2. The van der Waals surface area contributed by atoms with Crippen molar-refractivity contribution in [3.05, 3.63) is 47.4 Å². The number of hydrogen-bond donors (Lipinski definition) is 1. The molecule has 1 atom stereocenters. The lowest BCUT2D eigenvalue weighted by Crippen LogP contribution is -2.22. The minimum absolute atomic E-state index is 0.179. The Morgan fingerprint density at radius 1 is 1.37 bits per heavy atom. The number of amides is 1. The summed E-state index contributed by atoms with van der Waals surface area (Å²) in [5, 5.41) is 2.93. The first kappa shape index (κ1) is 11.9. The molecule has 3 rings (SSSR count). The minimum Gasteiger partial charge on any atom is -0.492 e. The van der Waals surface area contributed by atoms with Crippen LogP contribution in [0.5, 0.6) is 5.75 Å². The minimum atomic E-state index is -0.336. The molecule has 1 aromatic heterocycles. The summed E-state index contributed by atoms with van der Waals surface area (Å²) in [6.45, 7) is 0.333. The molecule has 1 unspecified atom stereocenters. The van der Waals surface area contributed by atoms with E-state index >= 15 is 0 Å². The maximum Gasteiger partial charge on any atom is 0.236 e. The van der Waals surface area contributed by atoms with Crippen molar-refractivity contribution < 1.29 is 9.53 Å². The van der Waals surface area contributed by atoms with Gasteiger partial charge in [0.2, 0.25) is 5.91 Å². The maximum atomic E-state index is 12.2. The van der Waals surface area contributed by atoms with Gasteiger partial charge in [-0.05, 0) is 6.07 Å². The molecule has 2 heterocycles. The van der Waals surface area contributed by atoms with E-state index in [1.807, 2.05) is 24.3 Å². The van der Waals surface area contributed by atoms with Crippen molar-refractivity contribution in [2.24, 2.45) is 0 Å². The van der Waals surface area contributed by atoms with Crippen LogP contribution in [0.25, 0.3) is 0 Å². The van der Waals surface area contributed by atoms with Crippen molar-refractivity contribution >= 4 is 23.3 Å². The molecule has 5 nitrogen and oxygen atoms in total. The van der Waals surface area contributed by atoms with E-state index in [4.69, 9.17) is 16.3 Å². The average Bonchev–Trinajstić information content (AvgIpc) is 2.82. The Morgan fingerprint density at radius 3 is 3.05 bits per heavy atom. The number of carbonyl (C=O) groups is 1. The fraction of sp³-hybridized carbons (Fsp3) is 0.154. The lowest BCUT2D eigenvalue weighted by atomic mass is 10.0. The van der Waals surface area contributed by atoms with Crippen LogP contribution in [-0.4, -0.2) is 22.5 Å². The van der Waals surface area contributed by atoms with E-state index in [9.17, 15) is 4.79 Å². The molecule has 6 heteroatoms. The first-order valence-corrected chi connectivity index (χ1v) is 6.12. The Morgan fingerprint density at radius 2 is 2.21 bits per heavy atom. The van der Waals surface area contributed by atoms with Crippen LogP contribution in [0, 0.1) is 0 Å². The number of nitrogens with one attached hydrogen (secondary N) is 1. The van der Waals surface area contributed by atoms with Crippen molar-refractivity contribution in [3.63, 3.8) is 0 Å². The maximum absolute atomic E-state index is 12.2. The fourth-order valence-electron chi connectivity index (χ4n) is 2.00. The van der Waals surface area contributed by atoms with Crippen molar-refractivity contribution in [1.82, 2.24) is 9.97 Å². The van der Waals surface area contributed by atoms with Gasteiger partial charge in [0, 0.05) is 5.56 Å². The van der Waals surface area contributed by atoms with Gasteiger partial charge in [-0.3, -0.25) is 9.78 Å². The number of rotatable bonds is 2. The van der Waals surface area contributed by atoms with Crippen LogP contribution in [0.2, 0.25) is 5.15 Å². The molecule has 0 saturated carbocycles. The molecule has 0 aliphatic carbocycles. The molecule has 19 heavy (non-hydrogen) atoms. The fourth-order valence-corrected chi connectivity index (χ4v) is 2.14. The highest BCUT2D eigenvalue weighted by atomic mass is 35.5. The van der Waals surface area contributed by atoms with Crippen molar-refractivity contribution in [2.45, 2.75) is 5.92 Å². The number of para-hydroxylation sites is 1. The number of ether oxygens (including phenoxy) is 1. The van der Waals surface area contributed by atoms with E-state index in [1.54, 1.807) is 0 Å². The van der Waals surface area contributed by atoms with Crippen molar-refractivity contribution in [3.8, 4) is 5.75 Å². The summed E-state index contributed by atoms with van der Waals surface area (Å²) in [6.07, 6.45) is 2.86. The highest BCUT2D eigenvalue weighted by Crippen LogP contribution is 2.33. The van der Waals surface area contributed by atoms with Gasteiger partial charge in [0.15, 0.2) is 5.82 Å². The summed E-state index contributed by atoms with van der Waals surface area (Å²) in [7, 11) is 0. The van der Waals surface area contributed by atoms with E-state index in [1.165, 1.54) is 12.4 Å². The summed E-state index contributed by atoms with van der Waals surface area (Å²) in [4.78, 5) is 20.0. The van der Waals surface area contributed by atoms with Crippen LogP contribution in [-0.2, 0) is 4.79 Å². The summed E-state index contributed by atoms with van der Waals surface area (Å²) in [5.41, 5.74) is 0.884.